The van der Waals surface area contributed by atoms with Crippen molar-refractivity contribution < 1.29 is 13.5 Å². The topological polar surface area (TPSA) is 92.4 Å². The molecule has 19 heavy (non-hydrogen) atoms. The van der Waals surface area contributed by atoms with Crippen LogP contribution in [0.1, 0.15) is 25.3 Å². The van der Waals surface area contributed by atoms with E-state index in [2.05, 4.69) is 4.72 Å². The maximum Gasteiger partial charge on any atom is 0.240 e. The van der Waals surface area contributed by atoms with Crippen molar-refractivity contribution >= 4 is 15.7 Å². The van der Waals surface area contributed by atoms with Crippen LogP contribution in [0.5, 0.6) is 0 Å². The highest BCUT2D eigenvalue weighted by molar-refractivity contribution is 7.89. The molecular formula is C13H22N2O3S. The molecule has 0 bridgehead atoms. The number of nitrogens with one attached hydrogen (secondary N) is 1. The van der Waals surface area contributed by atoms with E-state index in [-0.39, 0.29) is 17.4 Å². The highest BCUT2D eigenvalue weighted by atomic mass is 32.2. The van der Waals surface area contributed by atoms with Gasteiger partial charge in [0.05, 0.1) is 4.90 Å². The Labute approximate surface area is 114 Å². The van der Waals surface area contributed by atoms with Crippen LogP contribution < -0.4 is 10.5 Å². The molecule has 0 aliphatic rings. The van der Waals surface area contributed by atoms with E-state index < -0.39 is 10.0 Å². The molecule has 0 saturated carbocycles. The highest BCUT2D eigenvalue weighted by Gasteiger charge is 2.16. The molecule has 0 aliphatic carbocycles. The van der Waals surface area contributed by atoms with Crippen LogP contribution in [-0.4, -0.2) is 26.7 Å². The van der Waals surface area contributed by atoms with Crippen molar-refractivity contribution in [3.8, 4) is 0 Å². The number of rotatable bonds is 7. The van der Waals surface area contributed by atoms with Crippen molar-refractivity contribution in [2.24, 2.45) is 5.92 Å². The van der Waals surface area contributed by atoms with E-state index in [0.29, 0.717) is 18.7 Å². The molecule has 0 spiro atoms. The third-order valence-electron chi connectivity index (χ3n) is 3.23. The van der Waals surface area contributed by atoms with Crippen LogP contribution in [0.3, 0.4) is 0 Å². The van der Waals surface area contributed by atoms with Crippen molar-refractivity contribution in [1.82, 2.24) is 4.72 Å². The van der Waals surface area contributed by atoms with Crippen molar-refractivity contribution in [2.75, 3.05) is 18.9 Å². The highest BCUT2D eigenvalue weighted by Crippen LogP contribution is 2.17. The van der Waals surface area contributed by atoms with Crippen molar-refractivity contribution in [2.45, 2.75) is 31.6 Å². The molecule has 0 amide bonds. The van der Waals surface area contributed by atoms with Crippen LogP contribution >= 0.6 is 0 Å². The zero-order valence-electron chi connectivity index (χ0n) is 11.4. The Bertz CT molecular complexity index is 515. The molecule has 0 aliphatic heterocycles. The molecule has 1 unspecified atom stereocenters. The second kappa shape index (κ2) is 6.88. The van der Waals surface area contributed by atoms with E-state index in [0.717, 1.165) is 12.0 Å². The van der Waals surface area contributed by atoms with Gasteiger partial charge in [0.25, 0.3) is 0 Å². The number of aliphatic hydroxyl groups excluding tert-OH is 1. The van der Waals surface area contributed by atoms with E-state index in [1.54, 1.807) is 19.1 Å². The molecule has 0 saturated heterocycles. The van der Waals surface area contributed by atoms with Crippen LogP contribution in [-0.2, 0) is 10.0 Å². The fraction of sp³-hybridized carbons (Fsp3) is 0.538. The van der Waals surface area contributed by atoms with Gasteiger partial charge in [-0.05, 0) is 43.0 Å². The number of nitrogens with two attached hydrogens (primary N) is 1. The molecule has 1 atom stereocenters. The number of nitrogen functional groups attached to an aromatic ring is 1. The van der Waals surface area contributed by atoms with Gasteiger partial charge in [0.1, 0.15) is 0 Å². The van der Waals surface area contributed by atoms with E-state index in [9.17, 15) is 8.42 Å². The monoisotopic (exact) mass is 286 g/mol. The van der Waals surface area contributed by atoms with Gasteiger partial charge >= 0.3 is 0 Å². The first-order valence-corrected chi connectivity index (χ1v) is 7.85. The molecule has 6 heteroatoms. The van der Waals surface area contributed by atoms with Gasteiger partial charge in [0.2, 0.25) is 10.0 Å². The Hall–Kier alpha value is -1.11. The van der Waals surface area contributed by atoms with Gasteiger partial charge < -0.3 is 10.8 Å². The van der Waals surface area contributed by atoms with Gasteiger partial charge in [-0.1, -0.05) is 13.3 Å². The SMILES string of the molecule is CCC(CCO)CNS(=O)(=O)c1ccc(N)c(C)c1. The first-order valence-electron chi connectivity index (χ1n) is 6.37. The predicted molar refractivity (Wildman–Crippen MR) is 76.3 cm³/mol. The van der Waals surface area contributed by atoms with Crippen molar-refractivity contribution in [3.05, 3.63) is 23.8 Å². The van der Waals surface area contributed by atoms with Crippen molar-refractivity contribution in [1.29, 1.82) is 0 Å². The number of aryl methyl sites for hydroxylation is 1. The molecule has 108 valence electrons. The van der Waals surface area contributed by atoms with Gasteiger partial charge in [-0.25, -0.2) is 13.1 Å². The summed E-state index contributed by atoms with van der Waals surface area (Å²) >= 11 is 0. The van der Waals surface area contributed by atoms with Crippen LogP contribution in [0.4, 0.5) is 5.69 Å². The molecule has 4 N–H and O–H groups in total. The number of hydrogen-bond donors (Lipinski definition) is 3. The largest absolute Gasteiger partial charge is 0.399 e. The first kappa shape index (κ1) is 15.9. The first-order chi connectivity index (χ1) is 8.90. The minimum atomic E-state index is -3.51. The van der Waals surface area contributed by atoms with Crippen molar-refractivity contribution in [3.63, 3.8) is 0 Å². The van der Waals surface area contributed by atoms with Gasteiger partial charge in [0.15, 0.2) is 0 Å². The summed E-state index contributed by atoms with van der Waals surface area (Å²) in [7, 11) is -3.51. The van der Waals surface area contributed by atoms with Crippen LogP contribution in [0.25, 0.3) is 0 Å². The fourth-order valence-corrected chi connectivity index (χ4v) is 2.96. The van der Waals surface area contributed by atoms with Gasteiger partial charge in [-0.15, -0.1) is 0 Å². The summed E-state index contributed by atoms with van der Waals surface area (Å²) in [5.41, 5.74) is 6.99. The summed E-state index contributed by atoms with van der Waals surface area (Å²) < 4.78 is 26.8. The van der Waals surface area contributed by atoms with Crippen LogP contribution in [0, 0.1) is 12.8 Å². The lowest BCUT2D eigenvalue weighted by atomic mass is 10.0. The fourth-order valence-electron chi connectivity index (χ4n) is 1.76. The standard InChI is InChI=1S/C13H22N2O3S/c1-3-11(6-7-16)9-15-19(17,18)12-4-5-13(14)10(2)8-12/h4-5,8,11,15-16H,3,6-7,9,14H2,1-2H3. The van der Waals surface area contributed by atoms with E-state index >= 15 is 0 Å². The Kier molecular flexibility index (Phi) is 5.78. The number of sulfonamides is 1. The molecule has 1 rings (SSSR count). The van der Waals surface area contributed by atoms with E-state index in [1.165, 1.54) is 6.07 Å². The second-order valence-corrected chi connectivity index (χ2v) is 6.42. The summed E-state index contributed by atoms with van der Waals surface area (Å²) in [6, 6.07) is 4.65. The second-order valence-electron chi connectivity index (χ2n) is 4.66. The van der Waals surface area contributed by atoms with Gasteiger partial charge in [0, 0.05) is 18.8 Å². The normalized spacial score (nSPS) is 13.4. The third kappa shape index (κ3) is 4.49. The molecule has 0 fully saturated rings. The van der Waals surface area contributed by atoms with Crippen LogP contribution in [0.2, 0.25) is 0 Å². The lowest BCUT2D eigenvalue weighted by Gasteiger charge is -2.15. The molecule has 0 aromatic heterocycles. The Morgan fingerprint density at radius 3 is 2.63 bits per heavy atom. The molecule has 5 nitrogen and oxygen atoms in total. The lowest BCUT2D eigenvalue weighted by molar-refractivity contribution is 0.254. The Morgan fingerprint density at radius 2 is 2.11 bits per heavy atom. The molecule has 1 aromatic rings. The minimum Gasteiger partial charge on any atom is -0.399 e. The summed E-state index contributed by atoms with van der Waals surface area (Å²) in [4.78, 5) is 0.220. The molecule has 0 heterocycles. The summed E-state index contributed by atoms with van der Waals surface area (Å²) in [6.07, 6.45) is 1.42. The molecule has 0 radical (unpaired) electrons. The maximum absolute atomic E-state index is 12.1. The summed E-state index contributed by atoms with van der Waals surface area (Å²) in [5, 5.41) is 8.89. The van der Waals surface area contributed by atoms with E-state index in [1.807, 2.05) is 6.92 Å². The average Bonchev–Trinajstić information content (AvgIpc) is 2.37. The maximum atomic E-state index is 12.1. The zero-order chi connectivity index (χ0) is 14.5. The minimum absolute atomic E-state index is 0.0706. The summed E-state index contributed by atoms with van der Waals surface area (Å²) in [6.45, 7) is 4.15. The smallest absolute Gasteiger partial charge is 0.240 e. The lowest BCUT2D eigenvalue weighted by Crippen LogP contribution is -2.29. The van der Waals surface area contributed by atoms with Gasteiger partial charge in [-0.3, -0.25) is 0 Å². The number of hydrogen-bond acceptors (Lipinski definition) is 4. The van der Waals surface area contributed by atoms with E-state index in [4.69, 9.17) is 10.8 Å². The number of aliphatic hydroxyl groups is 1. The molecule has 1 aromatic carbocycles. The number of benzene rings is 1. The Morgan fingerprint density at radius 1 is 1.42 bits per heavy atom. The zero-order valence-corrected chi connectivity index (χ0v) is 12.2. The number of anilines is 1. The van der Waals surface area contributed by atoms with Gasteiger partial charge in [-0.2, -0.15) is 0 Å². The predicted octanol–water partition coefficient (Wildman–Crippen LogP) is 1.26. The van der Waals surface area contributed by atoms with Crippen LogP contribution in [0.15, 0.2) is 23.1 Å². The Balaban J connectivity index is 2.78. The molecular weight excluding hydrogens is 264 g/mol. The quantitative estimate of drug-likeness (QED) is 0.658. The third-order valence-corrected chi connectivity index (χ3v) is 4.65. The average molecular weight is 286 g/mol. The summed E-state index contributed by atoms with van der Waals surface area (Å²) in [5.74, 6) is 0.148.